The average molecular weight is 654 g/mol. The van der Waals surface area contributed by atoms with Crippen molar-refractivity contribution in [3.05, 3.63) is 87.8 Å². The second kappa shape index (κ2) is 11.6. The van der Waals surface area contributed by atoms with Gasteiger partial charge in [0.25, 0.3) is 17.6 Å². The second-order valence-electron chi connectivity index (χ2n) is 9.24. The van der Waals surface area contributed by atoms with E-state index in [-0.39, 0.29) is 44.7 Å². The Morgan fingerprint density at radius 2 is 1.73 bits per heavy atom. The summed E-state index contributed by atoms with van der Waals surface area (Å²) in [4.78, 5) is 31.3. The van der Waals surface area contributed by atoms with Gasteiger partial charge in [-0.1, -0.05) is 11.6 Å². The van der Waals surface area contributed by atoms with E-state index < -0.39 is 42.2 Å². The number of alkyl halides is 6. The predicted molar refractivity (Wildman–Crippen MR) is 143 cm³/mol. The third-order valence-corrected chi connectivity index (χ3v) is 6.41. The van der Waals surface area contributed by atoms with Gasteiger partial charge in [0.1, 0.15) is 12.2 Å². The van der Waals surface area contributed by atoms with Crippen molar-refractivity contribution in [2.45, 2.75) is 25.8 Å². The van der Waals surface area contributed by atoms with Crippen LogP contribution in [0.2, 0.25) is 5.02 Å². The minimum Gasteiger partial charge on any atom is -0.355 e. The summed E-state index contributed by atoms with van der Waals surface area (Å²) in [6, 6.07) is 7.62. The lowest BCUT2D eigenvalue weighted by Gasteiger charge is -2.16. The van der Waals surface area contributed by atoms with Crippen LogP contribution in [0.4, 0.5) is 32.0 Å². The number of carbonyl (C=O) groups excluding carboxylic acids is 2. The molecule has 4 aromatic heterocycles. The number of aryl methyl sites for hydroxylation is 1. The van der Waals surface area contributed by atoms with Crippen molar-refractivity contribution in [1.82, 2.24) is 50.1 Å². The van der Waals surface area contributed by atoms with E-state index in [0.29, 0.717) is 4.80 Å². The van der Waals surface area contributed by atoms with Gasteiger partial charge in [-0.2, -0.15) is 41.3 Å². The van der Waals surface area contributed by atoms with Crippen LogP contribution in [0.5, 0.6) is 0 Å². The summed E-state index contributed by atoms with van der Waals surface area (Å²) in [5.41, 5.74) is -1.06. The van der Waals surface area contributed by atoms with Crippen molar-refractivity contribution in [1.29, 1.82) is 0 Å². The van der Waals surface area contributed by atoms with Gasteiger partial charge in [0.05, 0.1) is 27.7 Å². The number of halogens is 7. The second-order valence-corrected chi connectivity index (χ2v) is 9.65. The van der Waals surface area contributed by atoms with Crippen LogP contribution in [0.1, 0.15) is 43.6 Å². The van der Waals surface area contributed by atoms with Crippen molar-refractivity contribution in [3.63, 3.8) is 0 Å². The molecule has 1 aromatic carbocycles. The lowest BCUT2D eigenvalue weighted by molar-refractivity contribution is -0.145. The summed E-state index contributed by atoms with van der Waals surface area (Å²) >= 11 is 6.28. The van der Waals surface area contributed by atoms with Crippen LogP contribution >= 0.6 is 11.6 Å². The molecule has 20 heteroatoms. The fraction of sp³-hybridized carbons (Fsp3) is 0.200. The number of benzene rings is 1. The molecular formula is C25H18ClF6N11O2. The van der Waals surface area contributed by atoms with Gasteiger partial charge in [0.15, 0.2) is 11.5 Å². The summed E-state index contributed by atoms with van der Waals surface area (Å²) in [5.74, 6) is -3.01. The zero-order chi connectivity index (χ0) is 32.7. The van der Waals surface area contributed by atoms with Gasteiger partial charge in [-0.05, 0) is 54.1 Å². The van der Waals surface area contributed by atoms with Crippen LogP contribution in [0.15, 0.2) is 48.8 Å². The number of rotatable bonds is 7. The lowest BCUT2D eigenvalue weighted by Crippen LogP contribution is -2.24. The Morgan fingerprint density at radius 3 is 2.36 bits per heavy atom. The van der Waals surface area contributed by atoms with E-state index in [1.807, 2.05) is 0 Å². The average Bonchev–Trinajstić information content (AvgIpc) is 3.74. The molecule has 5 rings (SSSR count). The third kappa shape index (κ3) is 6.47. The van der Waals surface area contributed by atoms with Gasteiger partial charge in [-0.3, -0.25) is 9.59 Å². The Kier molecular flexibility index (Phi) is 8.04. The molecular weight excluding hydrogens is 636 g/mol. The Labute approximate surface area is 252 Å². The number of nitrogens with one attached hydrogen (secondary N) is 2. The molecule has 13 nitrogen and oxygen atoms in total. The molecule has 0 aliphatic rings. The monoisotopic (exact) mass is 653 g/mol. The molecule has 45 heavy (non-hydrogen) atoms. The Morgan fingerprint density at radius 1 is 0.978 bits per heavy atom. The van der Waals surface area contributed by atoms with Crippen molar-refractivity contribution in [2.24, 2.45) is 0 Å². The van der Waals surface area contributed by atoms with Gasteiger partial charge in [-0.15, -0.1) is 10.2 Å². The summed E-state index contributed by atoms with van der Waals surface area (Å²) in [5, 5.41) is 22.5. The minimum atomic E-state index is -4.84. The first-order valence-corrected chi connectivity index (χ1v) is 12.9. The number of carbonyl (C=O) groups is 2. The van der Waals surface area contributed by atoms with Gasteiger partial charge in [0, 0.05) is 19.4 Å². The molecule has 0 saturated heterocycles. The predicted octanol–water partition coefficient (Wildman–Crippen LogP) is 4.10. The van der Waals surface area contributed by atoms with Crippen LogP contribution in [-0.4, -0.2) is 63.6 Å². The van der Waals surface area contributed by atoms with E-state index in [4.69, 9.17) is 11.6 Å². The maximum atomic E-state index is 13.7. The summed E-state index contributed by atoms with van der Waals surface area (Å²) in [6.45, 7) is 1.08. The molecule has 0 saturated carbocycles. The Balaban J connectivity index is 1.53. The fourth-order valence-corrected chi connectivity index (χ4v) is 4.31. The van der Waals surface area contributed by atoms with Crippen molar-refractivity contribution in [3.8, 4) is 11.5 Å². The molecule has 234 valence electrons. The molecule has 0 atom stereocenters. The molecule has 4 heterocycles. The van der Waals surface area contributed by atoms with E-state index in [0.717, 1.165) is 21.6 Å². The van der Waals surface area contributed by atoms with Gasteiger partial charge < -0.3 is 10.6 Å². The molecule has 0 radical (unpaired) electrons. The molecule has 5 aromatic rings. The van der Waals surface area contributed by atoms with Crippen LogP contribution in [-0.2, 0) is 18.9 Å². The molecule has 2 amide bonds. The molecule has 0 aliphatic heterocycles. The number of pyridine rings is 1. The van der Waals surface area contributed by atoms with Crippen molar-refractivity contribution >= 4 is 29.1 Å². The maximum Gasteiger partial charge on any atom is 0.455 e. The van der Waals surface area contributed by atoms with Crippen molar-refractivity contribution in [2.75, 3.05) is 12.4 Å². The number of hydrogen-bond donors (Lipinski definition) is 2. The van der Waals surface area contributed by atoms with E-state index in [1.54, 1.807) is 0 Å². The zero-order valence-electron chi connectivity index (χ0n) is 22.8. The highest BCUT2D eigenvalue weighted by atomic mass is 35.5. The van der Waals surface area contributed by atoms with E-state index in [2.05, 4.69) is 41.2 Å². The number of aromatic nitrogens is 9. The molecule has 0 fully saturated rings. The van der Waals surface area contributed by atoms with E-state index in [9.17, 15) is 35.9 Å². The Hall–Kier alpha value is -5.33. The van der Waals surface area contributed by atoms with E-state index >= 15 is 0 Å². The lowest BCUT2D eigenvalue weighted by atomic mass is 10.1. The first-order valence-electron chi connectivity index (χ1n) is 12.5. The smallest absolute Gasteiger partial charge is 0.355 e. The number of tetrazole rings is 1. The SMILES string of the molecule is CNC(=O)c1cc(-n2ccc(C(F)(F)F)n2)cc(C)c1NC(=O)c1cc(Cn2nnc(C(F)(F)F)n2)nn1-c1ncccc1Cl. The third-order valence-electron chi connectivity index (χ3n) is 6.12. The maximum absolute atomic E-state index is 13.7. The largest absolute Gasteiger partial charge is 0.455 e. The number of amides is 2. The normalized spacial score (nSPS) is 11.9. The van der Waals surface area contributed by atoms with Crippen LogP contribution < -0.4 is 10.6 Å². The minimum absolute atomic E-state index is 0.000445. The first-order chi connectivity index (χ1) is 21.2. The van der Waals surface area contributed by atoms with Crippen LogP contribution in [0.25, 0.3) is 11.5 Å². The summed E-state index contributed by atoms with van der Waals surface area (Å²) < 4.78 is 80.2. The van der Waals surface area contributed by atoms with Crippen LogP contribution in [0, 0.1) is 6.92 Å². The highest BCUT2D eigenvalue weighted by molar-refractivity contribution is 6.32. The number of nitrogens with zero attached hydrogens (tertiary/aromatic N) is 9. The van der Waals surface area contributed by atoms with Gasteiger partial charge in [0.2, 0.25) is 0 Å². The number of anilines is 1. The summed E-state index contributed by atoms with van der Waals surface area (Å²) in [6.07, 6.45) is -7.09. The quantitative estimate of drug-likeness (QED) is 0.249. The van der Waals surface area contributed by atoms with Gasteiger partial charge in [-0.25, -0.2) is 14.3 Å². The molecule has 0 aliphatic carbocycles. The molecule has 2 N–H and O–H groups in total. The van der Waals surface area contributed by atoms with Crippen molar-refractivity contribution < 1.29 is 35.9 Å². The Bertz CT molecular complexity index is 1910. The molecule has 0 spiro atoms. The van der Waals surface area contributed by atoms with Gasteiger partial charge >= 0.3 is 12.4 Å². The molecule has 0 unspecified atom stereocenters. The fourth-order valence-electron chi connectivity index (χ4n) is 4.11. The first kappa shape index (κ1) is 31.1. The highest BCUT2D eigenvalue weighted by Gasteiger charge is 2.37. The van der Waals surface area contributed by atoms with E-state index in [1.165, 1.54) is 50.5 Å². The highest BCUT2D eigenvalue weighted by Crippen LogP contribution is 2.30. The molecule has 0 bridgehead atoms. The van der Waals surface area contributed by atoms with Crippen LogP contribution in [0.3, 0.4) is 0 Å². The number of hydrogen-bond acceptors (Lipinski definition) is 8. The standard InChI is InChI=1S/C25H18ClF6N11O2/c1-12-8-14(41-7-5-18(38-41)24(27,28)29)10-15(21(44)33-2)19(12)35-22(45)17-9-13(11-42-39-23(36-40-42)25(30,31)32)37-43(17)20-16(26)4-3-6-34-20/h3-10H,11H2,1-2H3,(H,33,44)(H,35,45). The summed E-state index contributed by atoms with van der Waals surface area (Å²) in [7, 11) is 1.32. The zero-order valence-corrected chi connectivity index (χ0v) is 23.6. The topological polar surface area (TPSA) is 150 Å².